The van der Waals surface area contributed by atoms with E-state index in [0.29, 0.717) is 17.9 Å². The third kappa shape index (κ3) is 3.83. The van der Waals surface area contributed by atoms with Gasteiger partial charge in [0.05, 0.1) is 12.2 Å². The van der Waals surface area contributed by atoms with Crippen LogP contribution in [0.1, 0.15) is 17.3 Å². The molecule has 1 amide bonds. The van der Waals surface area contributed by atoms with Crippen molar-refractivity contribution in [3.8, 4) is 5.75 Å². The van der Waals surface area contributed by atoms with Gasteiger partial charge in [-0.25, -0.2) is 0 Å². The monoisotopic (exact) mass is 301 g/mol. The van der Waals surface area contributed by atoms with Crippen LogP contribution in [0.2, 0.25) is 0 Å². The summed E-state index contributed by atoms with van der Waals surface area (Å²) < 4.78 is 10.4. The Labute approximate surface area is 129 Å². The topological polar surface area (TPSA) is 64.6 Å². The Morgan fingerprint density at radius 2 is 2.05 bits per heavy atom. The number of rotatable bonds is 7. The van der Waals surface area contributed by atoms with E-state index in [9.17, 15) is 9.59 Å². The van der Waals surface area contributed by atoms with Gasteiger partial charge in [-0.1, -0.05) is 30.3 Å². The van der Waals surface area contributed by atoms with Crippen LogP contribution >= 0.6 is 0 Å². The van der Waals surface area contributed by atoms with Gasteiger partial charge in [0, 0.05) is 13.2 Å². The van der Waals surface area contributed by atoms with E-state index in [-0.39, 0.29) is 18.6 Å². The normalized spacial score (nSPS) is 11.9. The number of nitrogens with one attached hydrogen (secondary N) is 1. The molecule has 0 radical (unpaired) electrons. The third-order valence-corrected chi connectivity index (χ3v) is 3.23. The van der Waals surface area contributed by atoms with Crippen molar-refractivity contribution in [2.75, 3.05) is 20.3 Å². The molecule has 116 valence electrons. The molecule has 0 aliphatic rings. The first kappa shape index (κ1) is 16.0. The number of hydrogen-bond donors (Lipinski definition) is 1. The summed E-state index contributed by atoms with van der Waals surface area (Å²) in [6.45, 7) is 2.13. The van der Waals surface area contributed by atoms with Gasteiger partial charge in [-0.15, -0.1) is 0 Å². The molecule has 0 bridgehead atoms. The average Bonchev–Trinajstić information content (AvgIpc) is 2.52. The van der Waals surface area contributed by atoms with Gasteiger partial charge in [-0.3, -0.25) is 9.59 Å². The predicted octanol–water partition coefficient (Wildman–Crippen LogP) is 2.18. The van der Waals surface area contributed by atoms with E-state index >= 15 is 0 Å². The van der Waals surface area contributed by atoms with Crippen molar-refractivity contribution >= 4 is 23.0 Å². The van der Waals surface area contributed by atoms with Gasteiger partial charge in [0.2, 0.25) is 0 Å². The van der Waals surface area contributed by atoms with E-state index in [4.69, 9.17) is 9.47 Å². The number of amides is 1. The van der Waals surface area contributed by atoms with Gasteiger partial charge in [-0.05, 0) is 23.8 Å². The Morgan fingerprint density at radius 1 is 1.27 bits per heavy atom. The quantitative estimate of drug-likeness (QED) is 0.796. The predicted molar refractivity (Wildman–Crippen MR) is 84.3 cm³/mol. The number of ether oxygens (including phenoxy) is 2. The molecule has 2 aromatic rings. The highest BCUT2D eigenvalue weighted by molar-refractivity contribution is 6.00. The van der Waals surface area contributed by atoms with Crippen molar-refractivity contribution < 1.29 is 19.1 Å². The van der Waals surface area contributed by atoms with Crippen molar-refractivity contribution in [2.45, 2.75) is 13.0 Å². The van der Waals surface area contributed by atoms with E-state index < -0.39 is 0 Å². The van der Waals surface area contributed by atoms with Crippen LogP contribution in [0.25, 0.3) is 10.8 Å². The Balaban J connectivity index is 2.08. The van der Waals surface area contributed by atoms with Gasteiger partial charge in [0.1, 0.15) is 5.75 Å². The minimum Gasteiger partial charge on any atom is -0.483 e. The van der Waals surface area contributed by atoms with Crippen LogP contribution in [-0.4, -0.2) is 38.6 Å². The lowest BCUT2D eigenvalue weighted by molar-refractivity contribution is -0.124. The first-order valence-electron chi connectivity index (χ1n) is 7.03. The van der Waals surface area contributed by atoms with Crippen LogP contribution in [0, 0.1) is 0 Å². The number of benzene rings is 2. The number of aldehydes is 1. The van der Waals surface area contributed by atoms with Crippen LogP contribution in [0.15, 0.2) is 36.4 Å². The van der Waals surface area contributed by atoms with Gasteiger partial charge in [0.25, 0.3) is 5.91 Å². The molecule has 22 heavy (non-hydrogen) atoms. The average molecular weight is 301 g/mol. The lowest BCUT2D eigenvalue weighted by Gasteiger charge is -2.14. The number of methoxy groups -OCH3 is 1. The van der Waals surface area contributed by atoms with Crippen molar-refractivity contribution in [3.63, 3.8) is 0 Å². The largest absolute Gasteiger partial charge is 0.483 e. The highest BCUT2D eigenvalue weighted by atomic mass is 16.5. The highest BCUT2D eigenvalue weighted by Gasteiger charge is 2.11. The summed E-state index contributed by atoms with van der Waals surface area (Å²) in [5.74, 6) is 0.151. The number of fused-ring (bicyclic) bond motifs is 1. The molecule has 0 aliphatic heterocycles. The van der Waals surface area contributed by atoms with E-state index in [1.807, 2.05) is 37.3 Å². The second-order valence-corrected chi connectivity index (χ2v) is 5.03. The summed E-state index contributed by atoms with van der Waals surface area (Å²) >= 11 is 0. The Hall–Kier alpha value is -2.40. The van der Waals surface area contributed by atoms with Crippen LogP contribution in [0.3, 0.4) is 0 Å². The molecule has 5 heteroatoms. The smallest absolute Gasteiger partial charge is 0.258 e. The fourth-order valence-electron chi connectivity index (χ4n) is 2.27. The molecule has 0 saturated heterocycles. The zero-order valence-electron chi connectivity index (χ0n) is 12.7. The van der Waals surface area contributed by atoms with Crippen LogP contribution < -0.4 is 10.1 Å². The third-order valence-electron chi connectivity index (χ3n) is 3.23. The summed E-state index contributed by atoms with van der Waals surface area (Å²) in [6.07, 6.45) is 0.753. The number of carbonyl (C=O) groups excluding carboxylic acids is 2. The van der Waals surface area contributed by atoms with Crippen LogP contribution in [-0.2, 0) is 9.53 Å². The summed E-state index contributed by atoms with van der Waals surface area (Å²) in [4.78, 5) is 23.1. The Bertz CT molecular complexity index is 669. The first-order valence-corrected chi connectivity index (χ1v) is 7.03. The molecular formula is C17H19NO4. The lowest BCUT2D eigenvalue weighted by Crippen LogP contribution is -2.38. The van der Waals surface area contributed by atoms with Crippen molar-refractivity contribution in [1.82, 2.24) is 5.32 Å². The van der Waals surface area contributed by atoms with Gasteiger partial charge in [0.15, 0.2) is 12.9 Å². The molecule has 0 heterocycles. The van der Waals surface area contributed by atoms with Crippen molar-refractivity contribution in [1.29, 1.82) is 0 Å². The van der Waals surface area contributed by atoms with Gasteiger partial charge < -0.3 is 14.8 Å². The molecule has 0 saturated carbocycles. The molecule has 2 aromatic carbocycles. The maximum atomic E-state index is 11.8. The summed E-state index contributed by atoms with van der Waals surface area (Å²) in [5, 5.41) is 4.51. The maximum Gasteiger partial charge on any atom is 0.258 e. The fraction of sp³-hybridized carbons (Fsp3) is 0.294. The molecule has 0 aliphatic carbocycles. The molecule has 0 spiro atoms. The zero-order valence-corrected chi connectivity index (χ0v) is 12.7. The van der Waals surface area contributed by atoms with E-state index in [0.717, 1.165) is 17.1 Å². The van der Waals surface area contributed by atoms with E-state index in [1.54, 1.807) is 13.2 Å². The SMILES string of the molecule is COCC(C)NC(=O)COc1ccc2ccccc2c1C=O. The van der Waals surface area contributed by atoms with E-state index in [1.165, 1.54) is 0 Å². The summed E-state index contributed by atoms with van der Waals surface area (Å²) in [6, 6.07) is 11.0. The maximum absolute atomic E-state index is 11.8. The highest BCUT2D eigenvalue weighted by Crippen LogP contribution is 2.26. The summed E-state index contributed by atoms with van der Waals surface area (Å²) in [7, 11) is 1.57. The number of carbonyl (C=O) groups is 2. The van der Waals surface area contributed by atoms with Gasteiger partial charge >= 0.3 is 0 Å². The fourth-order valence-corrected chi connectivity index (χ4v) is 2.27. The molecule has 1 unspecified atom stereocenters. The first-order chi connectivity index (χ1) is 10.7. The second-order valence-electron chi connectivity index (χ2n) is 5.03. The molecule has 5 nitrogen and oxygen atoms in total. The standard InChI is InChI=1S/C17H19NO4/c1-12(10-21-2)18-17(20)11-22-16-8-7-13-5-3-4-6-14(13)15(16)9-19/h3-9,12H,10-11H2,1-2H3,(H,18,20). The van der Waals surface area contributed by atoms with E-state index in [2.05, 4.69) is 5.32 Å². The molecular weight excluding hydrogens is 282 g/mol. The Morgan fingerprint density at radius 3 is 2.77 bits per heavy atom. The molecule has 1 N–H and O–H groups in total. The molecule has 0 aromatic heterocycles. The lowest BCUT2D eigenvalue weighted by atomic mass is 10.0. The zero-order chi connectivity index (χ0) is 15.9. The molecule has 2 rings (SSSR count). The Kier molecular flexibility index (Phi) is 5.49. The minimum absolute atomic E-state index is 0.0942. The second kappa shape index (κ2) is 7.56. The van der Waals surface area contributed by atoms with Crippen molar-refractivity contribution in [2.24, 2.45) is 0 Å². The summed E-state index contributed by atoms with van der Waals surface area (Å²) in [5.41, 5.74) is 0.454. The van der Waals surface area contributed by atoms with Crippen molar-refractivity contribution in [3.05, 3.63) is 42.0 Å². The van der Waals surface area contributed by atoms with Crippen LogP contribution in [0.5, 0.6) is 5.75 Å². The molecule has 1 atom stereocenters. The van der Waals surface area contributed by atoms with Gasteiger partial charge in [-0.2, -0.15) is 0 Å². The van der Waals surface area contributed by atoms with Crippen LogP contribution in [0.4, 0.5) is 0 Å². The molecule has 0 fully saturated rings. The minimum atomic E-state index is -0.255. The number of hydrogen-bond acceptors (Lipinski definition) is 4.